The summed E-state index contributed by atoms with van der Waals surface area (Å²) in [5.74, 6) is 0.530. The minimum atomic E-state index is -0.156. The highest BCUT2D eigenvalue weighted by atomic mass is 32.1. The fraction of sp³-hybridized carbons (Fsp3) is 0. The topological polar surface area (TPSA) is 61.9 Å². The highest BCUT2D eigenvalue weighted by molar-refractivity contribution is 7.80. The molecule has 5 nitrogen and oxygen atoms in total. The lowest BCUT2D eigenvalue weighted by atomic mass is 10.3. The zero-order valence-corrected chi connectivity index (χ0v) is 12.4. The van der Waals surface area contributed by atoms with E-state index in [0.29, 0.717) is 10.9 Å². The first-order valence-corrected chi connectivity index (χ1v) is 7.14. The Hall–Kier alpha value is -2.86. The van der Waals surface area contributed by atoms with Crippen LogP contribution in [0.4, 0.5) is 11.5 Å². The Balaban J connectivity index is 1.74. The van der Waals surface area contributed by atoms with E-state index in [-0.39, 0.29) is 5.56 Å². The van der Waals surface area contributed by atoms with Crippen LogP contribution in [0, 0.1) is 0 Å². The lowest BCUT2D eigenvalue weighted by Crippen LogP contribution is -2.19. The van der Waals surface area contributed by atoms with E-state index in [1.54, 1.807) is 0 Å². The van der Waals surface area contributed by atoms with Crippen molar-refractivity contribution < 1.29 is 0 Å². The van der Waals surface area contributed by atoms with Crippen LogP contribution in [0.3, 0.4) is 0 Å². The predicted octanol–water partition coefficient (Wildman–Crippen LogP) is 2.97. The fourth-order valence-corrected chi connectivity index (χ4v) is 2.26. The zero-order valence-electron chi connectivity index (χ0n) is 11.6. The monoisotopic (exact) mass is 310 g/mol. The normalized spacial score (nSPS) is 10.2. The van der Waals surface area contributed by atoms with Gasteiger partial charge in [0.1, 0.15) is 5.82 Å². The van der Waals surface area contributed by atoms with Crippen molar-refractivity contribution in [2.45, 2.75) is 0 Å². The number of aromatic amines is 1. The first-order valence-electron chi connectivity index (χ1n) is 6.73. The van der Waals surface area contributed by atoms with Crippen molar-refractivity contribution in [2.75, 3.05) is 10.6 Å². The molecule has 3 aromatic rings. The second kappa shape index (κ2) is 6.28. The van der Waals surface area contributed by atoms with E-state index >= 15 is 0 Å². The SMILES string of the molecule is O=c1cc(NC(=S)Nc2ccccc2)[nH]n1-c1ccccc1. The molecule has 2 aromatic carbocycles. The minimum Gasteiger partial charge on any atom is -0.332 e. The van der Waals surface area contributed by atoms with Gasteiger partial charge >= 0.3 is 0 Å². The molecule has 3 N–H and O–H groups in total. The fourth-order valence-electron chi connectivity index (χ4n) is 2.03. The maximum Gasteiger partial charge on any atom is 0.273 e. The lowest BCUT2D eigenvalue weighted by Gasteiger charge is -2.08. The molecular weight excluding hydrogens is 296 g/mol. The molecule has 0 spiro atoms. The molecule has 0 radical (unpaired) electrons. The second-order valence-corrected chi connectivity index (χ2v) is 5.03. The van der Waals surface area contributed by atoms with Gasteiger partial charge in [0.2, 0.25) is 0 Å². The van der Waals surface area contributed by atoms with Gasteiger partial charge < -0.3 is 10.6 Å². The first kappa shape index (κ1) is 14.1. The van der Waals surface area contributed by atoms with Crippen LogP contribution in [-0.2, 0) is 0 Å². The van der Waals surface area contributed by atoms with Crippen LogP contribution in [0.25, 0.3) is 5.69 Å². The Bertz CT molecular complexity index is 824. The van der Waals surface area contributed by atoms with Crippen LogP contribution in [0.2, 0.25) is 0 Å². The van der Waals surface area contributed by atoms with Gasteiger partial charge in [0.15, 0.2) is 5.11 Å². The molecule has 0 fully saturated rings. The number of hydrogen-bond donors (Lipinski definition) is 3. The van der Waals surface area contributed by atoms with Crippen LogP contribution in [-0.4, -0.2) is 14.9 Å². The largest absolute Gasteiger partial charge is 0.332 e. The maximum absolute atomic E-state index is 12.0. The molecule has 0 saturated heterocycles. The van der Waals surface area contributed by atoms with Crippen molar-refractivity contribution >= 4 is 28.8 Å². The summed E-state index contributed by atoms with van der Waals surface area (Å²) in [6, 6.07) is 20.4. The third kappa shape index (κ3) is 3.24. The van der Waals surface area contributed by atoms with Gasteiger partial charge in [0, 0.05) is 11.8 Å². The number of rotatable bonds is 3. The van der Waals surface area contributed by atoms with Gasteiger partial charge in [-0.3, -0.25) is 9.89 Å². The number of nitrogens with zero attached hydrogens (tertiary/aromatic N) is 1. The number of aromatic nitrogens is 2. The van der Waals surface area contributed by atoms with E-state index < -0.39 is 0 Å². The summed E-state index contributed by atoms with van der Waals surface area (Å²) in [6.07, 6.45) is 0. The van der Waals surface area contributed by atoms with Crippen molar-refractivity contribution in [3.63, 3.8) is 0 Å². The highest BCUT2D eigenvalue weighted by Gasteiger charge is 2.06. The molecule has 1 aromatic heterocycles. The van der Waals surface area contributed by atoms with Gasteiger partial charge in [0.25, 0.3) is 5.56 Å². The summed E-state index contributed by atoms with van der Waals surface area (Å²) in [4.78, 5) is 12.0. The quantitative estimate of drug-likeness (QED) is 0.651. The molecule has 110 valence electrons. The Morgan fingerprint density at radius 1 is 0.955 bits per heavy atom. The smallest absolute Gasteiger partial charge is 0.273 e. The summed E-state index contributed by atoms with van der Waals surface area (Å²) < 4.78 is 1.45. The lowest BCUT2D eigenvalue weighted by molar-refractivity contribution is 0.853. The van der Waals surface area contributed by atoms with Gasteiger partial charge in [0.05, 0.1) is 5.69 Å². The Morgan fingerprint density at radius 2 is 1.59 bits per heavy atom. The number of hydrogen-bond acceptors (Lipinski definition) is 2. The highest BCUT2D eigenvalue weighted by Crippen LogP contribution is 2.08. The summed E-state index contributed by atoms with van der Waals surface area (Å²) in [7, 11) is 0. The van der Waals surface area contributed by atoms with Crippen molar-refractivity contribution in [2.24, 2.45) is 0 Å². The Morgan fingerprint density at radius 3 is 2.27 bits per heavy atom. The standard InChI is InChI=1S/C16H14N4OS/c21-15-11-14(19-20(15)13-9-5-2-6-10-13)18-16(22)17-12-7-3-1-4-8-12/h1-11,19H,(H2,17,18,22). The molecule has 3 rings (SSSR count). The van der Waals surface area contributed by atoms with Gasteiger partial charge in [-0.25, -0.2) is 4.68 Å². The zero-order chi connectivity index (χ0) is 15.4. The molecule has 0 aliphatic carbocycles. The van der Waals surface area contributed by atoms with E-state index in [9.17, 15) is 4.79 Å². The third-order valence-corrected chi connectivity index (χ3v) is 3.22. The molecule has 0 amide bonds. The number of benzene rings is 2. The molecule has 0 bridgehead atoms. The van der Waals surface area contributed by atoms with Crippen molar-refractivity contribution in [1.29, 1.82) is 0 Å². The number of H-pyrrole nitrogens is 1. The minimum absolute atomic E-state index is 0.156. The van der Waals surface area contributed by atoms with E-state index in [1.807, 2.05) is 60.7 Å². The average molecular weight is 310 g/mol. The number of nitrogens with one attached hydrogen (secondary N) is 3. The molecule has 22 heavy (non-hydrogen) atoms. The van der Waals surface area contributed by atoms with Crippen molar-refractivity contribution in [3.05, 3.63) is 77.1 Å². The summed E-state index contributed by atoms with van der Waals surface area (Å²) >= 11 is 5.23. The molecule has 0 saturated carbocycles. The number of thiocarbonyl (C=S) groups is 1. The number of para-hydroxylation sites is 2. The third-order valence-electron chi connectivity index (χ3n) is 3.01. The van der Waals surface area contributed by atoms with E-state index in [4.69, 9.17) is 12.2 Å². The van der Waals surface area contributed by atoms with Crippen LogP contribution in [0.1, 0.15) is 0 Å². The summed E-state index contributed by atoms with van der Waals surface area (Å²) in [5, 5.41) is 9.40. The predicted molar refractivity (Wildman–Crippen MR) is 92.7 cm³/mol. The molecule has 0 aliphatic rings. The maximum atomic E-state index is 12.0. The van der Waals surface area contributed by atoms with Crippen LogP contribution >= 0.6 is 12.2 Å². The Kier molecular flexibility index (Phi) is 4.02. The molecule has 0 atom stereocenters. The average Bonchev–Trinajstić information content (AvgIpc) is 2.89. The van der Waals surface area contributed by atoms with Crippen LogP contribution < -0.4 is 16.2 Å². The number of anilines is 2. The van der Waals surface area contributed by atoms with Crippen LogP contribution in [0.5, 0.6) is 0 Å². The van der Waals surface area contributed by atoms with Crippen molar-refractivity contribution in [1.82, 2.24) is 9.78 Å². The van der Waals surface area contributed by atoms with Crippen molar-refractivity contribution in [3.8, 4) is 5.69 Å². The molecular formula is C16H14N4OS. The van der Waals surface area contributed by atoms with Gasteiger partial charge in [-0.1, -0.05) is 36.4 Å². The summed E-state index contributed by atoms with van der Waals surface area (Å²) in [6.45, 7) is 0. The second-order valence-electron chi connectivity index (χ2n) is 4.62. The summed E-state index contributed by atoms with van der Waals surface area (Å²) in [5.41, 5.74) is 1.49. The van der Waals surface area contributed by atoms with Gasteiger partial charge in [-0.2, -0.15) is 0 Å². The van der Waals surface area contributed by atoms with Gasteiger partial charge in [-0.15, -0.1) is 0 Å². The molecule has 6 heteroatoms. The van der Waals surface area contributed by atoms with Crippen LogP contribution in [0.15, 0.2) is 71.5 Å². The van der Waals surface area contributed by atoms with E-state index in [2.05, 4.69) is 15.7 Å². The molecule has 1 heterocycles. The first-order chi connectivity index (χ1) is 10.7. The molecule has 0 unspecified atom stereocenters. The van der Waals surface area contributed by atoms with Gasteiger partial charge in [-0.05, 0) is 36.5 Å². The molecule has 0 aliphatic heterocycles. The van der Waals surface area contributed by atoms with E-state index in [1.165, 1.54) is 10.7 Å². The van der Waals surface area contributed by atoms with E-state index in [0.717, 1.165) is 11.4 Å². The Labute approximate surface area is 132 Å².